The number of anilines is 1. The number of hydrogen-bond acceptors (Lipinski definition) is 3. The number of carbonyl (C=O) groups excluding carboxylic acids is 1. The Labute approximate surface area is 112 Å². The number of aliphatic carboxylic acids is 1. The van der Waals surface area contributed by atoms with E-state index in [-0.39, 0.29) is 19.0 Å². The van der Waals surface area contributed by atoms with Gasteiger partial charge in [0.2, 0.25) is 5.91 Å². The van der Waals surface area contributed by atoms with E-state index in [1.807, 2.05) is 30.9 Å². The summed E-state index contributed by atoms with van der Waals surface area (Å²) in [7, 11) is 0. The fraction of sp³-hybridized carbons (Fsp3) is 0.429. The van der Waals surface area contributed by atoms with Gasteiger partial charge in [0.15, 0.2) is 0 Å². The predicted molar refractivity (Wildman–Crippen MR) is 72.3 cm³/mol. The Balaban J connectivity index is 2.29. The number of nitrogens with one attached hydrogen (secondary N) is 1. The average molecular weight is 262 g/mol. The summed E-state index contributed by atoms with van der Waals surface area (Å²) in [5.74, 6) is -1.59. The molecule has 1 aliphatic heterocycles. The Bertz CT molecular complexity index is 493. The van der Waals surface area contributed by atoms with Crippen LogP contribution >= 0.6 is 0 Å². The van der Waals surface area contributed by atoms with Gasteiger partial charge in [0.25, 0.3) is 0 Å². The van der Waals surface area contributed by atoms with Crippen LogP contribution in [-0.2, 0) is 9.59 Å². The first-order valence-electron chi connectivity index (χ1n) is 6.28. The topological polar surface area (TPSA) is 69.6 Å². The van der Waals surface area contributed by atoms with Crippen LogP contribution in [0.4, 0.5) is 5.69 Å². The maximum Gasteiger partial charge on any atom is 0.310 e. The molecule has 5 nitrogen and oxygen atoms in total. The van der Waals surface area contributed by atoms with Gasteiger partial charge in [-0.2, -0.15) is 0 Å². The van der Waals surface area contributed by atoms with Crippen molar-refractivity contribution in [3.63, 3.8) is 0 Å². The molecular weight excluding hydrogens is 244 g/mol. The molecule has 1 aliphatic rings. The van der Waals surface area contributed by atoms with Gasteiger partial charge in [-0.15, -0.1) is 0 Å². The van der Waals surface area contributed by atoms with Gasteiger partial charge < -0.3 is 15.3 Å². The molecule has 1 aromatic carbocycles. The Morgan fingerprint density at radius 2 is 1.95 bits per heavy atom. The van der Waals surface area contributed by atoms with Crippen LogP contribution in [0.3, 0.4) is 0 Å². The van der Waals surface area contributed by atoms with Crippen LogP contribution in [0.5, 0.6) is 0 Å². The third kappa shape index (κ3) is 3.24. The molecule has 102 valence electrons. The number of carbonyl (C=O) groups is 2. The number of carboxylic acids is 1. The van der Waals surface area contributed by atoms with E-state index < -0.39 is 11.9 Å². The van der Waals surface area contributed by atoms with Crippen molar-refractivity contribution in [1.82, 2.24) is 5.32 Å². The molecule has 0 aliphatic carbocycles. The standard InChI is InChI=1S/C14H18N2O3/c1-9-3-10(2)5-12(4-9)16-7-11(14(18)19)6-15-13(17)8-16/h3-5,11H,6-8H2,1-2H3,(H,15,17)(H,18,19). The molecule has 1 aromatic rings. The van der Waals surface area contributed by atoms with Gasteiger partial charge in [0, 0.05) is 18.8 Å². The van der Waals surface area contributed by atoms with E-state index in [2.05, 4.69) is 11.4 Å². The molecule has 2 rings (SSSR count). The average Bonchev–Trinajstić information content (AvgIpc) is 2.50. The van der Waals surface area contributed by atoms with Crippen LogP contribution in [-0.4, -0.2) is 36.6 Å². The van der Waals surface area contributed by atoms with Crippen molar-refractivity contribution >= 4 is 17.6 Å². The molecule has 2 N–H and O–H groups in total. The molecule has 0 radical (unpaired) electrons. The fourth-order valence-electron chi connectivity index (χ4n) is 2.36. The van der Waals surface area contributed by atoms with Crippen LogP contribution in [0.1, 0.15) is 11.1 Å². The lowest BCUT2D eigenvalue weighted by molar-refractivity contribution is -0.141. The zero-order valence-corrected chi connectivity index (χ0v) is 11.1. The summed E-state index contributed by atoms with van der Waals surface area (Å²) in [6.45, 7) is 4.71. The van der Waals surface area contributed by atoms with Crippen molar-refractivity contribution in [3.05, 3.63) is 29.3 Å². The fourth-order valence-corrected chi connectivity index (χ4v) is 2.36. The van der Waals surface area contributed by atoms with Crippen molar-refractivity contribution in [2.24, 2.45) is 5.92 Å². The number of nitrogens with zero attached hydrogens (tertiary/aromatic N) is 1. The molecule has 1 fully saturated rings. The number of hydrogen-bond donors (Lipinski definition) is 2. The number of aryl methyl sites for hydroxylation is 2. The van der Waals surface area contributed by atoms with Gasteiger partial charge >= 0.3 is 5.97 Å². The maximum atomic E-state index is 11.7. The molecule has 0 bridgehead atoms. The van der Waals surface area contributed by atoms with E-state index in [4.69, 9.17) is 5.11 Å². The lowest BCUT2D eigenvalue weighted by atomic mass is 10.1. The third-order valence-electron chi connectivity index (χ3n) is 3.24. The third-order valence-corrected chi connectivity index (χ3v) is 3.24. The lowest BCUT2D eigenvalue weighted by Crippen LogP contribution is -2.34. The van der Waals surface area contributed by atoms with Gasteiger partial charge in [-0.1, -0.05) is 6.07 Å². The molecule has 0 aromatic heterocycles. The van der Waals surface area contributed by atoms with Gasteiger partial charge in [-0.3, -0.25) is 9.59 Å². The van der Waals surface area contributed by atoms with E-state index in [0.717, 1.165) is 16.8 Å². The first-order chi connectivity index (χ1) is 8.95. The molecule has 0 spiro atoms. The van der Waals surface area contributed by atoms with Crippen LogP contribution in [0.2, 0.25) is 0 Å². The molecule has 1 atom stereocenters. The molecule has 19 heavy (non-hydrogen) atoms. The van der Waals surface area contributed by atoms with Crippen molar-refractivity contribution in [1.29, 1.82) is 0 Å². The van der Waals surface area contributed by atoms with Crippen LogP contribution in [0.15, 0.2) is 18.2 Å². The monoisotopic (exact) mass is 262 g/mol. The van der Waals surface area contributed by atoms with Gasteiger partial charge in [0.1, 0.15) is 0 Å². The van der Waals surface area contributed by atoms with Crippen molar-refractivity contribution < 1.29 is 14.7 Å². The Hall–Kier alpha value is -2.04. The van der Waals surface area contributed by atoms with Gasteiger partial charge in [0.05, 0.1) is 12.5 Å². The minimum absolute atomic E-state index is 0.136. The normalized spacial score (nSPS) is 19.8. The van der Waals surface area contributed by atoms with E-state index in [9.17, 15) is 9.59 Å². The minimum atomic E-state index is -0.878. The van der Waals surface area contributed by atoms with Crippen molar-refractivity contribution in [2.45, 2.75) is 13.8 Å². The summed E-state index contributed by atoms with van der Waals surface area (Å²) >= 11 is 0. The maximum absolute atomic E-state index is 11.7. The van der Waals surface area contributed by atoms with Gasteiger partial charge in [-0.05, 0) is 37.1 Å². The van der Waals surface area contributed by atoms with Crippen molar-refractivity contribution in [3.8, 4) is 0 Å². The minimum Gasteiger partial charge on any atom is -0.481 e. The first-order valence-corrected chi connectivity index (χ1v) is 6.28. The SMILES string of the molecule is Cc1cc(C)cc(N2CC(=O)NCC(C(=O)O)C2)c1. The number of carboxylic acid groups (broad SMARTS) is 1. The van der Waals surface area contributed by atoms with E-state index in [1.165, 1.54) is 0 Å². The van der Waals surface area contributed by atoms with E-state index in [1.54, 1.807) is 0 Å². The summed E-state index contributed by atoms with van der Waals surface area (Å²) in [5, 5.41) is 11.8. The second-order valence-corrected chi connectivity index (χ2v) is 5.07. The van der Waals surface area contributed by atoms with Crippen LogP contribution in [0.25, 0.3) is 0 Å². The highest BCUT2D eigenvalue weighted by molar-refractivity contribution is 5.83. The molecule has 1 heterocycles. The molecule has 0 saturated carbocycles. The first kappa shape index (κ1) is 13.4. The lowest BCUT2D eigenvalue weighted by Gasteiger charge is -2.24. The summed E-state index contributed by atoms with van der Waals surface area (Å²) in [6, 6.07) is 6.01. The smallest absolute Gasteiger partial charge is 0.310 e. The Morgan fingerprint density at radius 1 is 1.32 bits per heavy atom. The number of amides is 1. The van der Waals surface area contributed by atoms with E-state index in [0.29, 0.717) is 6.54 Å². The predicted octanol–water partition coefficient (Wildman–Crippen LogP) is 0.940. The van der Waals surface area contributed by atoms with Crippen LogP contribution in [0, 0.1) is 19.8 Å². The number of rotatable bonds is 2. The quantitative estimate of drug-likeness (QED) is 0.832. The summed E-state index contributed by atoms with van der Waals surface area (Å²) in [5.41, 5.74) is 3.11. The zero-order chi connectivity index (χ0) is 14.0. The second-order valence-electron chi connectivity index (χ2n) is 5.07. The molecule has 1 unspecified atom stereocenters. The zero-order valence-electron chi connectivity index (χ0n) is 11.1. The second kappa shape index (κ2) is 5.30. The molecule has 1 saturated heterocycles. The van der Waals surface area contributed by atoms with Gasteiger partial charge in [-0.25, -0.2) is 0 Å². The molecule has 5 heteroatoms. The summed E-state index contributed by atoms with van der Waals surface area (Å²) in [4.78, 5) is 24.6. The number of benzene rings is 1. The van der Waals surface area contributed by atoms with Crippen molar-refractivity contribution in [2.75, 3.05) is 24.5 Å². The Morgan fingerprint density at radius 3 is 2.53 bits per heavy atom. The Kier molecular flexibility index (Phi) is 3.74. The van der Waals surface area contributed by atoms with Crippen LogP contribution < -0.4 is 10.2 Å². The van der Waals surface area contributed by atoms with E-state index >= 15 is 0 Å². The molecule has 1 amide bonds. The summed E-state index contributed by atoms with van der Waals surface area (Å²) < 4.78 is 0. The molecular formula is C14H18N2O3. The highest BCUT2D eigenvalue weighted by Crippen LogP contribution is 2.20. The largest absolute Gasteiger partial charge is 0.481 e. The highest BCUT2D eigenvalue weighted by Gasteiger charge is 2.27. The highest BCUT2D eigenvalue weighted by atomic mass is 16.4. The summed E-state index contributed by atoms with van der Waals surface area (Å²) in [6.07, 6.45) is 0.